The highest BCUT2D eigenvalue weighted by molar-refractivity contribution is 5.78. The summed E-state index contributed by atoms with van der Waals surface area (Å²) >= 11 is 0. The highest BCUT2D eigenvalue weighted by atomic mass is 16.5. The Balaban J connectivity index is 1.74. The van der Waals surface area contributed by atoms with Crippen LogP contribution in [0.5, 0.6) is 5.75 Å². The number of rotatable bonds is 8. The second-order valence-corrected chi connectivity index (χ2v) is 6.90. The fourth-order valence-electron chi connectivity index (χ4n) is 3.63. The van der Waals surface area contributed by atoms with Crippen molar-refractivity contribution in [2.45, 2.75) is 59.3 Å². The van der Waals surface area contributed by atoms with E-state index in [4.69, 9.17) is 4.74 Å². The minimum Gasteiger partial charge on any atom is -0.494 e. The number of hydrogen-bond acceptors (Lipinski definition) is 2. The second-order valence-electron chi connectivity index (χ2n) is 6.90. The first kappa shape index (κ1) is 18.8. The monoisotopic (exact) mass is 331 g/mol. The molecule has 0 spiro atoms. The molecule has 3 nitrogen and oxygen atoms in total. The van der Waals surface area contributed by atoms with Gasteiger partial charge in [-0.1, -0.05) is 26.0 Å². The van der Waals surface area contributed by atoms with Crippen LogP contribution in [0.25, 0.3) is 0 Å². The Labute approximate surface area is 147 Å². The molecule has 3 heteroatoms. The second kappa shape index (κ2) is 9.71. The van der Waals surface area contributed by atoms with E-state index >= 15 is 0 Å². The van der Waals surface area contributed by atoms with Gasteiger partial charge in [0.2, 0.25) is 5.91 Å². The zero-order chi connectivity index (χ0) is 17.4. The number of hydrogen-bond donors (Lipinski definition) is 0. The molecule has 1 heterocycles. The lowest BCUT2D eigenvalue weighted by Gasteiger charge is -2.34. The highest BCUT2D eigenvalue weighted by Crippen LogP contribution is 2.25. The smallest absolute Gasteiger partial charge is 0.225 e. The molecule has 0 atom stereocenters. The van der Waals surface area contributed by atoms with E-state index in [1.54, 1.807) is 0 Å². The zero-order valence-corrected chi connectivity index (χ0v) is 15.6. The predicted octanol–water partition coefficient (Wildman–Crippen LogP) is 4.69. The van der Waals surface area contributed by atoms with Crippen molar-refractivity contribution in [2.75, 3.05) is 19.7 Å². The quantitative estimate of drug-likeness (QED) is 0.691. The minimum absolute atomic E-state index is 0.227. The van der Waals surface area contributed by atoms with Gasteiger partial charge in [-0.25, -0.2) is 0 Å². The molecular formula is C21H33NO2. The molecule has 1 aliphatic rings. The Morgan fingerprint density at radius 2 is 1.75 bits per heavy atom. The van der Waals surface area contributed by atoms with Gasteiger partial charge >= 0.3 is 0 Å². The van der Waals surface area contributed by atoms with Crippen LogP contribution >= 0.6 is 0 Å². The molecule has 0 saturated carbocycles. The number of carbonyl (C=O) groups is 1. The van der Waals surface area contributed by atoms with Crippen molar-refractivity contribution in [3.63, 3.8) is 0 Å². The van der Waals surface area contributed by atoms with Crippen LogP contribution < -0.4 is 4.74 Å². The largest absolute Gasteiger partial charge is 0.494 e. The highest BCUT2D eigenvalue weighted by Gasteiger charge is 2.26. The summed E-state index contributed by atoms with van der Waals surface area (Å²) in [6.07, 6.45) is 6.59. The summed E-state index contributed by atoms with van der Waals surface area (Å²) in [6.45, 7) is 8.86. The van der Waals surface area contributed by atoms with Gasteiger partial charge in [0, 0.05) is 19.0 Å². The molecular weight excluding hydrogens is 298 g/mol. The number of benzene rings is 1. The van der Waals surface area contributed by atoms with Crippen molar-refractivity contribution >= 4 is 5.91 Å². The molecule has 0 unspecified atom stereocenters. The van der Waals surface area contributed by atoms with Gasteiger partial charge in [-0.2, -0.15) is 0 Å². The first-order valence-corrected chi connectivity index (χ1v) is 9.68. The van der Waals surface area contributed by atoms with Crippen LogP contribution in [0.1, 0.15) is 58.4 Å². The molecule has 1 fully saturated rings. The van der Waals surface area contributed by atoms with Crippen molar-refractivity contribution in [3.8, 4) is 5.75 Å². The average molecular weight is 332 g/mol. The maximum atomic E-state index is 12.4. The van der Waals surface area contributed by atoms with Gasteiger partial charge in [-0.3, -0.25) is 4.79 Å². The van der Waals surface area contributed by atoms with Crippen LogP contribution in [0.4, 0.5) is 0 Å². The lowest BCUT2D eigenvalue weighted by molar-refractivity contribution is -0.137. The molecule has 24 heavy (non-hydrogen) atoms. The summed E-state index contributed by atoms with van der Waals surface area (Å²) in [5, 5.41) is 0. The summed E-state index contributed by atoms with van der Waals surface area (Å²) in [7, 11) is 0. The average Bonchev–Trinajstić information content (AvgIpc) is 2.63. The molecule has 0 N–H and O–H groups in total. The lowest BCUT2D eigenvalue weighted by Crippen LogP contribution is -2.41. The normalized spacial score (nSPS) is 15.8. The van der Waals surface area contributed by atoms with Gasteiger partial charge in [0.05, 0.1) is 6.61 Å². The van der Waals surface area contributed by atoms with Crippen molar-refractivity contribution in [3.05, 3.63) is 29.8 Å². The van der Waals surface area contributed by atoms with Gasteiger partial charge in [-0.15, -0.1) is 0 Å². The third-order valence-corrected chi connectivity index (χ3v) is 5.34. The molecule has 1 amide bonds. The summed E-state index contributed by atoms with van der Waals surface area (Å²) in [5.74, 6) is 2.31. The van der Waals surface area contributed by atoms with Crippen LogP contribution in [0, 0.1) is 11.8 Å². The van der Waals surface area contributed by atoms with Crippen molar-refractivity contribution in [2.24, 2.45) is 11.8 Å². The topological polar surface area (TPSA) is 29.5 Å². The molecule has 1 aliphatic heterocycles. The van der Waals surface area contributed by atoms with E-state index in [0.717, 1.165) is 56.9 Å². The maximum absolute atomic E-state index is 12.4. The number of ether oxygens (including phenoxy) is 1. The van der Waals surface area contributed by atoms with Crippen molar-refractivity contribution < 1.29 is 9.53 Å². The molecule has 1 saturated heterocycles. The first-order chi connectivity index (χ1) is 11.7. The summed E-state index contributed by atoms with van der Waals surface area (Å²) in [4.78, 5) is 14.5. The van der Waals surface area contributed by atoms with Crippen LogP contribution in [0.2, 0.25) is 0 Å². The lowest BCUT2D eigenvalue weighted by atomic mass is 9.89. The van der Waals surface area contributed by atoms with E-state index in [0.29, 0.717) is 12.5 Å². The summed E-state index contributed by atoms with van der Waals surface area (Å²) < 4.78 is 5.49. The van der Waals surface area contributed by atoms with E-state index < -0.39 is 0 Å². The molecule has 2 rings (SSSR count). The molecule has 0 aromatic heterocycles. The van der Waals surface area contributed by atoms with Gasteiger partial charge < -0.3 is 9.64 Å². The number of aryl methyl sites for hydroxylation is 1. The SMILES string of the molecule is CCOc1ccc(CCC2CCN(C(=O)C(CC)CC)CC2)cc1. The van der Waals surface area contributed by atoms with Gasteiger partial charge in [-0.05, 0) is 69.1 Å². The van der Waals surface area contributed by atoms with E-state index in [2.05, 4.69) is 43.0 Å². The Bertz CT molecular complexity index is 485. The Kier molecular flexibility index (Phi) is 7.61. The third-order valence-electron chi connectivity index (χ3n) is 5.34. The first-order valence-electron chi connectivity index (χ1n) is 9.68. The summed E-state index contributed by atoms with van der Waals surface area (Å²) in [5.41, 5.74) is 1.38. The van der Waals surface area contributed by atoms with Crippen LogP contribution in [0.3, 0.4) is 0 Å². The Hall–Kier alpha value is -1.51. The fraction of sp³-hybridized carbons (Fsp3) is 0.667. The fourth-order valence-corrected chi connectivity index (χ4v) is 3.63. The third kappa shape index (κ3) is 5.25. The summed E-state index contributed by atoms with van der Waals surface area (Å²) in [6, 6.07) is 8.49. The minimum atomic E-state index is 0.227. The van der Waals surface area contributed by atoms with Crippen LogP contribution in [-0.2, 0) is 11.2 Å². The molecule has 1 aromatic rings. The number of carbonyl (C=O) groups excluding carboxylic acids is 1. The Morgan fingerprint density at radius 1 is 1.12 bits per heavy atom. The van der Waals surface area contributed by atoms with Crippen molar-refractivity contribution in [1.82, 2.24) is 4.90 Å². The van der Waals surface area contributed by atoms with Gasteiger partial charge in [0.15, 0.2) is 0 Å². The molecule has 0 aliphatic carbocycles. The number of piperidine rings is 1. The zero-order valence-electron chi connectivity index (χ0n) is 15.6. The van der Waals surface area contributed by atoms with Crippen molar-refractivity contribution in [1.29, 1.82) is 0 Å². The van der Waals surface area contributed by atoms with E-state index in [1.165, 1.54) is 12.0 Å². The maximum Gasteiger partial charge on any atom is 0.225 e. The van der Waals surface area contributed by atoms with E-state index in [1.807, 2.05) is 6.92 Å². The molecule has 0 radical (unpaired) electrons. The molecule has 134 valence electrons. The molecule has 1 aromatic carbocycles. The Morgan fingerprint density at radius 3 is 2.29 bits per heavy atom. The number of nitrogens with zero attached hydrogens (tertiary/aromatic N) is 1. The van der Waals surface area contributed by atoms with Gasteiger partial charge in [0.25, 0.3) is 0 Å². The number of likely N-dealkylation sites (tertiary alicyclic amines) is 1. The standard InChI is InChI=1S/C21H33NO2/c1-4-19(5-2)21(23)22-15-13-18(14-16-22)8-7-17-9-11-20(12-10-17)24-6-3/h9-12,18-19H,4-8,13-16H2,1-3H3. The van der Waals surface area contributed by atoms with Crippen LogP contribution in [-0.4, -0.2) is 30.5 Å². The predicted molar refractivity (Wildman–Crippen MR) is 99.3 cm³/mol. The number of amides is 1. The van der Waals surface area contributed by atoms with E-state index in [-0.39, 0.29) is 5.92 Å². The van der Waals surface area contributed by atoms with E-state index in [9.17, 15) is 4.79 Å². The molecule has 0 bridgehead atoms. The van der Waals surface area contributed by atoms with Crippen LogP contribution in [0.15, 0.2) is 24.3 Å². The van der Waals surface area contributed by atoms with Gasteiger partial charge in [0.1, 0.15) is 5.75 Å².